The van der Waals surface area contributed by atoms with Crippen molar-refractivity contribution in [2.45, 2.75) is 78.6 Å². The van der Waals surface area contributed by atoms with Crippen LogP contribution in [0, 0.1) is 0 Å². The van der Waals surface area contributed by atoms with Crippen LogP contribution in [0.1, 0.15) is 78.8 Å². The number of anilines is 1. The van der Waals surface area contributed by atoms with E-state index < -0.39 is 0 Å². The summed E-state index contributed by atoms with van der Waals surface area (Å²) in [5, 5.41) is 8.52. The third kappa shape index (κ3) is 8.04. The summed E-state index contributed by atoms with van der Waals surface area (Å²) in [4.78, 5) is 27.4. The Labute approximate surface area is 207 Å². The quantitative estimate of drug-likeness (QED) is 0.356. The molecule has 0 fully saturated rings. The van der Waals surface area contributed by atoms with E-state index in [2.05, 4.69) is 39.9 Å². The van der Waals surface area contributed by atoms with Crippen LogP contribution in [0.4, 0.5) is 5.82 Å². The molecule has 0 spiro atoms. The van der Waals surface area contributed by atoms with Crippen molar-refractivity contribution >= 4 is 40.8 Å². The van der Waals surface area contributed by atoms with Crippen LogP contribution in [0.5, 0.6) is 0 Å². The highest BCUT2D eigenvalue weighted by atomic mass is 35.5. The molecular formula is C25H36Cl2N4O2. The lowest BCUT2D eigenvalue weighted by molar-refractivity contribution is -0.134. The molecule has 1 N–H and O–H groups in total. The second-order valence-electron chi connectivity index (χ2n) is 9.35. The maximum absolute atomic E-state index is 13.0. The van der Waals surface area contributed by atoms with Gasteiger partial charge in [0, 0.05) is 24.4 Å². The Balaban J connectivity index is 2.27. The highest BCUT2D eigenvalue weighted by Gasteiger charge is 2.23. The SMILES string of the molecule is CCCCCN(CC(=O)Nc1cc(C(C)(C)C)nn1-c1ccc(Cl)c(Cl)c1)C(=O)CCCC. The lowest BCUT2D eigenvalue weighted by Crippen LogP contribution is -2.38. The topological polar surface area (TPSA) is 67.2 Å². The molecule has 0 radical (unpaired) electrons. The van der Waals surface area contributed by atoms with Gasteiger partial charge in [-0.2, -0.15) is 5.10 Å². The minimum absolute atomic E-state index is 0.0175. The summed E-state index contributed by atoms with van der Waals surface area (Å²) in [6, 6.07) is 7.07. The monoisotopic (exact) mass is 494 g/mol. The Hall–Kier alpha value is -2.05. The first-order valence-electron chi connectivity index (χ1n) is 11.7. The molecule has 2 rings (SSSR count). The van der Waals surface area contributed by atoms with Gasteiger partial charge in [-0.15, -0.1) is 0 Å². The average Bonchev–Trinajstić information content (AvgIpc) is 3.17. The standard InChI is InChI=1S/C25H36Cl2N4O2/c1-6-8-10-14-30(24(33)11-9-7-2)17-23(32)28-22-16-21(25(3,4)5)29-31(22)18-12-13-19(26)20(27)15-18/h12-13,15-16H,6-11,14,17H2,1-5H3,(H,28,32). The molecule has 1 heterocycles. The molecule has 6 nitrogen and oxygen atoms in total. The molecule has 182 valence electrons. The normalized spacial score (nSPS) is 11.5. The van der Waals surface area contributed by atoms with E-state index in [9.17, 15) is 9.59 Å². The predicted molar refractivity (Wildman–Crippen MR) is 137 cm³/mol. The molecule has 0 saturated heterocycles. The fourth-order valence-electron chi connectivity index (χ4n) is 3.34. The Morgan fingerprint density at radius 2 is 1.73 bits per heavy atom. The van der Waals surface area contributed by atoms with E-state index in [1.807, 2.05) is 6.07 Å². The first-order chi connectivity index (χ1) is 15.6. The van der Waals surface area contributed by atoms with E-state index in [1.54, 1.807) is 27.8 Å². The summed E-state index contributed by atoms with van der Waals surface area (Å²) in [7, 11) is 0. The smallest absolute Gasteiger partial charge is 0.245 e. The largest absolute Gasteiger partial charge is 0.333 e. The molecule has 0 unspecified atom stereocenters. The van der Waals surface area contributed by atoms with Crippen LogP contribution in [0.15, 0.2) is 24.3 Å². The second kappa shape index (κ2) is 12.4. The Morgan fingerprint density at radius 1 is 1.03 bits per heavy atom. The van der Waals surface area contributed by atoms with Crippen LogP contribution < -0.4 is 5.32 Å². The number of nitrogens with zero attached hydrogens (tertiary/aromatic N) is 3. The zero-order chi connectivity index (χ0) is 24.6. The summed E-state index contributed by atoms with van der Waals surface area (Å²) in [5.41, 5.74) is 1.29. The summed E-state index contributed by atoms with van der Waals surface area (Å²) >= 11 is 12.3. The molecule has 2 aromatic rings. The van der Waals surface area contributed by atoms with Crippen LogP contribution in [-0.4, -0.2) is 39.6 Å². The fraction of sp³-hybridized carbons (Fsp3) is 0.560. The van der Waals surface area contributed by atoms with Crippen molar-refractivity contribution < 1.29 is 9.59 Å². The lowest BCUT2D eigenvalue weighted by atomic mass is 9.92. The van der Waals surface area contributed by atoms with E-state index in [4.69, 9.17) is 28.3 Å². The predicted octanol–water partition coefficient (Wildman–Crippen LogP) is 6.62. The van der Waals surface area contributed by atoms with Gasteiger partial charge in [0.25, 0.3) is 0 Å². The third-order valence-electron chi connectivity index (χ3n) is 5.36. The molecule has 0 bridgehead atoms. The van der Waals surface area contributed by atoms with E-state index in [0.717, 1.165) is 37.8 Å². The zero-order valence-electron chi connectivity index (χ0n) is 20.4. The molecule has 33 heavy (non-hydrogen) atoms. The molecule has 1 aromatic heterocycles. The van der Waals surface area contributed by atoms with Gasteiger partial charge in [-0.05, 0) is 31.0 Å². The number of benzene rings is 1. The molecule has 0 aliphatic rings. The minimum atomic E-state index is -0.252. The highest BCUT2D eigenvalue weighted by molar-refractivity contribution is 6.42. The molecule has 0 atom stereocenters. The lowest BCUT2D eigenvalue weighted by Gasteiger charge is -2.22. The Kier molecular flexibility index (Phi) is 10.2. The molecule has 0 aliphatic heterocycles. The number of carbonyl (C=O) groups is 2. The molecule has 8 heteroatoms. The maximum Gasteiger partial charge on any atom is 0.245 e. The number of nitrogens with one attached hydrogen (secondary N) is 1. The van der Waals surface area contributed by atoms with Gasteiger partial charge in [-0.25, -0.2) is 4.68 Å². The number of amides is 2. The number of aromatic nitrogens is 2. The summed E-state index contributed by atoms with van der Waals surface area (Å²) < 4.78 is 1.65. The average molecular weight is 495 g/mol. The van der Waals surface area contributed by atoms with Crippen LogP contribution in [0.3, 0.4) is 0 Å². The van der Waals surface area contributed by atoms with Crippen LogP contribution >= 0.6 is 23.2 Å². The van der Waals surface area contributed by atoms with Gasteiger partial charge in [-0.3, -0.25) is 9.59 Å². The number of rotatable bonds is 11. The Bertz CT molecular complexity index is 950. The van der Waals surface area contributed by atoms with Crippen LogP contribution in [-0.2, 0) is 15.0 Å². The first-order valence-corrected chi connectivity index (χ1v) is 12.5. The molecule has 0 aliphatic carbocycles. The van der Waals surface area contributed by atoms with E-state index >= 15 is 0 Å². The van der Waals surface area contributed by atoms with Gasteiger partial charge in [0.1, 0.15) is 5.82 Å². The Morgan fingerprint density at radius 3 is 2.33 bits per heavy atom. The van der Waals surface area contributed by atoms with Gasteiger partial charge in [0.05, 0.1) is 28.0 Å². The van der Waals surface area contributed by atoms with Crippen molar-refractivity contribution in [3.63, 3.8) is 0 Å². The van der Waals surface area contributed by atoms with Crippen molar-refractivity contribution in [3.05, 3.63) is 40.0 Å². The highest BCUT2D eigenvalue weighted by Crippen LogP contribution is 2.29. The van der Waals surface area contributed by atoms with Crippen molar-refractivity contribution in [2.24, 2.45) is 0 Å². The summed E-state index contributed by atoms with van der Waals surface area (Å²) in [6.07, 6.45) is 5.20. The number of halogens is 2. The number of hydrogen-bond acceptors (Lipinski definition) is 3. The number of hydrogen-bond donors (Lipinski definition) is 1. The van der Waals surface area contributed by atoms with Gasteiger partial charge >= 0.3 is 0 Å². The molecule has 2 amide bonds. The van der Waals surface area contributed by atoms with Crippen molar-refractivity contribution in [1.82, 2.24) is 14.7 Å². The molecule has 0 saturated carbocycles. The van der Waals surface area contributed by atoms with E-state index in [-0.39, 0.29) is 23.8 Å². The number of carbonyl (C=O) groups excluding carboxylic acids is 2. The molecular weight excluding hydrogens is 459 g/mol. The zero-order valence-corrected chi connectivity index (χ0v) is 21.9. The van der Waals surface area contributed by atoms with Gasteiger partial charge in [0.2, 0.25) is 11.8 Å². The van der Waals surface area contributed by atoms with Gasteiger partial charge < -0.3 is 10.2 Å². The number of unbranched alkanes of at least 4 members (excludes halogenated alkanes) is 3. The minimum Gasteiger partial charge on any atom is -0.333 e. The third-order valence-corrected chi connectivity index (χ3v) is 6.10. The van der Waals surface area contributed by atoms with E-state index in [0.29, 0.717) is 34.5 Å². The van der Waals surface area contributed by atoms with Crippen molar-refractivity contribution in [1.29, 1.82) is 0 Å². The van der Waals surface area contributed by atoms with Crippen molar-refractivity contribution in [2.75, 3.05) is 18.4 Å². The second-order valence-corrected chi connectivity index (χ2v) is 10.2. The van der Waals surface area contributed by atoms with Crippen LogP contribution in [0.2, 0.25) is 10.0 Å². The van der Waals surface area contributed by atoms with Crippen molar-refractivity contribution in [3.8, 4) is 5.69 Å². The van der Waals surface area contributed by atoms with Gasteiger partial charge in [0.15, 0.2) is 0 Å². The van der Waals surface area contributed by atoms with Gasteiger partial charge in [-0.1, -0.05) is 77.1 Å². The molecule has 1 aromatic carbocycles. The van der Waals surface area contributed by atoms with Crippen LogP contribution in [0.25, 0.3) is 5.69 Å². The fourth-order valence-corrected chi connectivity index (χ4v) is 3.63. The van der Waals surface area contributed by atoms with E-state index in [1.165, 1.54) is 0 Å². The maximum atomic E-state index is 13.0. The summed E-state index contributed by atoms with van der Waals surface area (Å²) in [6.45, 7) is 10.9. The summed E-state index contributed by atoms with van der Waals surface area (Å²) in [5.74, 6) is 0.298. The first kappa shape index (κ1) is 27.2.